The van der Waals surface area contributed by atoms with Crippen LogP contribution in [0.1, 0.15) is 17.3 Å². The minimum Gasteiger partial charge on any atom is -0.294 e. The Hall–Kier alpha value is -3.88. The number of sulfonamides is 2. The second kappa shape index (κ2) is 9.40. The van der Waals surface area contributed by atoms with Crippen LogP contribution in [0, 0.1) is 20.2 Å². The molecule has 35 heavy (non-hydrogen) atoms. The smallest absolute Gasteiger partial charge is 0.289 e. The summed E-state index contributed by atoms with van der Waals surface area (Å²) in [4.78, 5) is 30.7. The summed E-state index contributed by atoms with van der Waals surface area (Å²) in [6.45, 7) is 1.17. The molecule has 0 saturated heterocycles. The van der Waals surface area contributed by atoms with Crippen molar-refractivity contribution in [3.8, 4) is 0 Å². The number of ketones is 1. The second-order valence-electron chi connectivity index (χ2n) is 6.88. The van der Waals surface area contributed by atoms with Crippen LogP contribution in [0.2, 0.25) is 5.02 Å². The first-order chi connectivity index (χ1) is 16.3. The fourth-order valence-corrected chi connectivity index (χ4v) is 7.42. The van der Waals surface area contributed by atoms with E-state index in [4.69, 9.17) is 11.6 Å². The molecule has 0 N–H and O–H groups in total. The fraction of sp³-hybridized carbons (Fsp3) is 0.0500. The number of benzene rings is 3. The number of halogens is 1. The number of carbonyl (C=O) groups is 1. The van der Waals surface area contributed by atoms with Crippen LogP contribution in [-0.2, 0) is 20.0 Å². The number of nitro benzene ring substituents is 2. The quantitative estimate of drug-likeness (QED) is 0.233. The molecule has 0 spiro atoms. The van der Waals surface area contributed by atoms with Crippen LogP contribution in [0.3, 0.4) is 0 Å². The third-order valence-electron chi connectivity index (χ3n) is 4.66. The molecule has 0 aliphatic rings. The van der Waals surface area contributed by atoms with Gasteiger partial charge in [-0.2, -0.15) is 20.5 Å². The van der Waals surface area contributed by atoms with Crippen molar-refractivity contribution >= 4 is 54.5 Å². The molecule has 0 saturated carbocycles. The Morgan fingerprint density at radius 3 is 1.60 bits per heavy atom. The summed E-state index contributed by atoms with van der Waals surface area (Å²) >= 11 is 6.07. The Morgan fingerprint density at radius 1 is 0.800 bits per heavy atom. The number of nitro groups is 2. The summed E-state index contributed by atoms with van der Waals surface area (Å²) < 4.78 is 54.4. The molecule has 12 nitrogen and oxygen atoms in total. The molecule has 0 radical (unpaired) electrons. The molecule has 0 heterocycles. The van der Waals surface area contributed by atoms with Crippen LogP contribution in [0.25, 0.3) is 0 Å². The topological polar surface area (TPSA) is 175 Å². The molecule has 0 atom stereocenters. The monoisotopic (exact) mass is 539 g/mol. The normalized spacial score (nSPS) is 11.6. The van der Waals surface area contributed by atoms with Gasteiger partial charge in [0, 0.05) is 17.7 Å². The molecule has 182 valence electrons. The molecule has 15 heteroatoms. The largest absolute Gasteiger partial charge is 0.294 e. The number of nitrogens with zero attached hydrogens (tertiary/aromatic N) is 3. The maximum atomic E-state index is 13.7. The predicted molar refractivity (Wildman–Crippen MR) is 124 cm³/mol. The Labute approximate surface area is 203 Å². The van der Waals surface area contributed by atoms with Gasteiger partial charge in [-0.25, -0.2) is 0 Å². The lowest BCUT2D eigenvalue weighted by Gasteiger charge is -2.24. The molecular weight excluding hydrogens is 526 g/mol. The van der Waals surface area contributed by atoms with E-state index in [0.29, 0.717) is 0 Å². The Bertz CT molecular complexity index is 1500. The van der Waals surface area contributed by atoms with E-state index in [-0.39, 0.29) is 14.3 Å². The average Bonchev–Trinajstić information content (AvgIpc) is 2.78. The molecule has 3 aromatic rings. The van der Waals surface area contributed by atoms with Gasteiger partial charge in [-0.15, -0.1) is 0 Å². The number of hydrogen-bond acceptors (Lipinski definition) is 9. The van der Waals surface area contributed by atoms with E-state index in [0.717, 1.165) is 54.6 Å². The van der Waals surface area contributed by atoms with Crippen LogP contribution in [0.15, 0.2) is 76.5 Å². The van der Waals surface area contributed by atoms with Crippen molar-refractivity contribution in [2.75, 3.05) is 3.71 Å². The van der Waals surface area contributed by atoms with E-state index >= 15 is 0 Å². The SMILES string of the molecule is CC(=O)c1ccc(N(S(=O)(=O)c2ccccc2[N+](=O)[O-])S(=O)(=O)c2ccccc2[N+](=O)[O-])cc1Cl. The highest BCUT2D eigenvalue weighted by Crippen LogP contribution is 2.38. The lowest BCUT2D eigenvalue weighted by molar-refractivity contribution is -0.388. The van der Waals surface area contributed by atoms with E-state index in [1.165, 1.54) is 19.1 Å². The first-order valence-corrected chi connectivity index (χ1v) is 12.6. The molecule has 0 fully saturated rings. The van der Waals surface area contributed by atoms with E-state index < -0.39 is 62.5 Å². The van der Waals surface area contributed by atoms with E-state index in [1.807, 2.05) is 0 Å². The van der Waals surface area contributed by atoms with Gasteiger partial charge in [0.15, 0.2) is 15.6 Å². The first-order valence-electron chi connectivity index (χ1n) is 9.38. The number of para-hydroxylation sites is 2. The van der Waals surface area contributed by atoms with Crippen LogP contribution in [0.4, 0.5) is 17.1 Å². The summed E-state index contributed by atoms with van der Waals surface area (Å²) in [5.41, 5.74) is -2.54. The first kappa shape index (κ1) is 25.7. The van der Waals surface area contributed by atoms with Crippen molar-refractivity contribution < 1.29 is 31.5 Å². The highest BCUT2D eigenvalue weighted by atomic mass is 35.5. The molecule has 0 bridgehead atoms. The van der Waals surface area contributed by atoms with Gasteiger partial charge in [-0.3, -0.25) is 25.0 Å². The van der Waals surface area contributed by atoms with Crippen LogP contribution in [0.5, 0.6) is 0 Å². The predicted octanol–water partition coefficient (Wildman–Crippen LogP) is 3.94. The molecular formula is C20H14ClN3O9S2. The lowest BCUT2D eigenvalue weighted by atomic mass is 10.1. The minimum absolute atomic E-state index is 0.0541. The van der Waals surface area contributed by atoms with E-state index in [2.05, 4.69) is 0 Å². The standard InChI is InChI=1S/C20H14ClN3O9S2/c1-13(25)15-11-10-14(12-16(15)21)24(34(30,31)19-8-4-2-6-17(19)22(26)27)35(32,33)20-9-5-3-7-18(20)23(28)29/h2-12H,1H3. The number of hydrogen-bond donors (Lipinski definition) is 0. The zero-order valence-corrected chi connectivity index (χ0v) is 20.0. The fourth-order valence-electron chi connectivity index (χ4n) is 3.14. The van der Waals surface area contributed by atoms with Crippen molar-refractivity contribution in [3.05, 3.63) is 97.5 Å². The van der Waals surface area contributed by atoms with Crippen molar-refractivity contribution in [2.45, 2.75) is 16.7 Å². The van der Waals surface area contributed by atoms with Gasteiger partial charge in [-0.05, 0) is 37.3 Å². The summed E-state index contributed by atoms with van der Waals surface area (Å²) in [5, 5.41) is 22.7. The van der Waals surface area contributed by atoms with E-state index in [1.54, 1.807) is 0 Å². The highest BCUT2D eigenvalue weighted by Gasteiger charge is 2.43. The molecule has 0 unspecified atom stereocenters. The second-order valence-corrected chi connectivity index (χ2v) is 11.0. The Morgan fingerprint density at radius 2 is 1.23 bits per heavy atom. The summed E-state index contributed by atoms with van der Waals surface area (Å²) in [6.07, 6.45) is 0. The third kappa shape index (κ3) is 4.71. The van der Waals surface area contributed by atoms with Crippen LogP contribution in [-0.4, -0.2) is 32.5 Å². The van der Waals surface area contributed by atoms with Crippen LogP contribution >= 0.6 is 11.6 Å². The summed E-state index contributed by atoms with van der Waals surface area (Å²) in [6, 6.07) is 10.9. The lowest BCUT2D eigenvalue weighted by Crippen LogP contribution is -2.37. The maximum absolute atomic E-state index is 13.7. The highest BCUT2D eigenvalue weighted by molar-refractivity contribution is 8.10. The number of carbonyl (C=O) groups excluding carboxylic acids is 1. The van der Waals surface area contributed by atoms with Gasteiger partial charge in [-0.1, -0.05) is 35.9 Å². The molecule has 0 aliphatic heterocycles. The van der Waals surface area contributed by atoms with Gasteiger partial charge < -0.3 is 0 Å². The van der Waals surface area contributed by atoms with Crippen LogP contribution < -0.4 is 3.71 Å². The van der Waals surface area contributed by atoms with Crippen molar-refractivity contribution in [1.82, 2.24) is 0 Å². The zero-order valence-electron chi connectivity index (χ0n) is 17.6. The van der Waals surface area contributed by atoms with Crippen molar-refractivity contribution in [2.24, 2.45) is 0 Å². The van der Waals surface area contributed by atoms with Gasteiger partial charge in [0.1, 0.15) is 0 Å². The molecule has 3 aromatic carbocycles. The number of rotatable bonds is 8. The number of Topliss-reactive ketones (excluding diaryl/α,β-unsaturated/α-hetero) is 1. The summed E-state index contributed by atoms with van der Waals surface area (Å²) in [5.74, 6) is -0.504. The number of anilines is 1. The molecule has 0 amide bonds. The van der Waals surface area contributed by atoms with Gasteiger partial charge in [0.2, 0.25) is 0 Å². The third-order valence-corrected chi connectivity index (χ3v) is 9.25. The van der Waals surface area contributed by atoms with E-state index in [9.17, 15) is 41.9 Å². The van der Waals surface area contributed by atoms with Gasteiger partial charge >= 0.3 is 0 Å². The van der Waals surface area contributed by atoms with Crippen molar-refractivity contribution in [1.29, 1.82) is 0 Å². The van der Waals surface area contributed by atoms with Gasteiger partial charge in [0.25, 0.3) is 31.4 Å². The Kier molecular flexibility index (Phi) is 6.91. The maximum Gasteiger partial charge on any atom is 0.289 e. The zero-order chi connectivity index (χ0) is 26.1. The summed E-state index contributed by atoms with van der Waals surface area (Å²) in [7, 11) is -10.6. The molecule has 0 aromatic heterocycles. The molecule has 3 rings (SSSR count). The minimum atomic E-state index is -5.29. The Balaban J connectivity index is 2.42. The van der Waals surface area contributed by atoms with Crippen molar-refractivity contribution in [3.63, 3.8) is 0 Å². The van der Waals surface area contributed by atoms with Gasteiger partial charge in [0.05, 0.1) is 20.6 Å². The average molecular weight is 540 g/mol. The molecule has 0 aliphatic carbocycles.